The highest BCUT2D eigenvalue weighted by Gasteiger charge is 2.91. The van der Waals surface area contributed by atoms with Crippen LogP contribution in [0.2, 0.25) is 0 Å². The van der Waals surface area contributed by atoms with Gasteiger partial charge in [0.2, 0.25) is 11.8 Å². The number of fused-ring (bicyclic) bond motifs is 2. The molecule has 7 bridgehead atoms. The number of carboxylic acid groups (broad SMARTS) is 3. The van der Waals surface area contributed by atoms with E-state index in [2.05, 4.69) is 11.8 Å². The molecule has 19 heteroatoms. The van der Waals surface area contributed by atoms with Crippen LogP contribution < -0.4 is 4.90 Å². The average molecular weight is 875 g/mol. The van der Waals surface area contributed by atoms with Gasteiger partial charge in [0.25, 0.3) is 0 Å². The van der Waals surface area contributed by atoms with Gasteiger partial charge in [0.1, 0.15) is 11.2 Å². The fourth-order valence-electron chi connectivity index (χ4n) is 13.9. The third kappa shape index (κ3) is 6.28. The van der Waals surface area contributed by atoms with Crippen molar-refractivity contribution in [3.8, 4) is 0 Å². The Bertz CT molecular complexity index is 1980. The zero-order chi connectivity index (χ0) is 45.5. The summed E-state index contributed by atoms with van der Waals surface area (Å²) in [5.74, 6) is -7.49. The molecule has 6 N–H and O–H groups in total. The molecule has 7 fully saturated rings. The largest absolute Gasteiger partial charge is 0.481 e. The number of hydrogen-bond donors (Lipinski definition) is 6. The number of anilines is 1. The molecule has 0 radical (unpaired) electrons. The van der Waals surface area contributed by atoms with Gasteiger partial charge in [0.05, 0.1) is 61.2 Å². The van der Waals surface area contributed by atoms with Gasteiger partial charge in [-0.25, -0.2) is 14.5 Å². The van der Waals surface area contributed by atoms with Crippen molar-refractivity contribution in [2.75, 3.05) is 53.0 Å². The molecule has 5 saturated carbocycles. The summed E-state index contributed by atoms with van der Waals surface area (Å²) < 4.78 is 31.4. The Morgan fingerprint density at radius 1 is 0.935 bits per heavy atom. The van der Waals surface area contributed by atoms with Crippen LogP contribution in [-0.2, 0) is 47.7 Å². The maximum absolute atomic E-state index is 14.1. The Balaban J connectivity index is 0.000000387. The number of esters is 1. The molecule has 342 valence electrons. The molecule has 62 heavy (non-hydrogen) atoms. The number of hydrogen-bond acceptors (Lipinski definition) is 15. The lowest BCUT2D eigenvalue weighted by atomic mass is 9.42. The van der Waals surface area contributed by atoms with Crippen molar-refractivity contribution >= 4 is 41.4 Å². The first-order chi connectivity index (χ1) is 29.2. The Labute approximate surface area is 358 Å². The number of aliphatic carboxylic acids is 3. The molecular weight excluding hydrogens is 816 g/mol. The van der Waals surface area contributed by atoms with Crippen molar-refractivity contribution in [3.05, 3.63) is 29.8 Å². The Hall–Kier alpha value is -4.08. The third-order valence-electron chi connectivity index (χ3n) is 15.8. The van der Waals surface area contributed by atoms with Gasteiger partial charge < -0.3 is 54.3 Å². The van der Waals surface area contributed by atoms with E-state index < -0.39 is 82.4 Å². The van der Waals surface area contributed by atoms with Gasteiger partial charge in [-0.2, -0.15) is 0 Å². The topological polar surface area (TPSA) is 276 Å². The average Bonchev–Trinajstić information content (AvgIpc) is 3.75. The van der Waals surface area contributed by atoms with Crippen LogP contribution >= 0.6 is 0 Å². The number of nitrogens with zero attached hydrogens (tertiary/aromatic N) is 2. The number of carboxylic acids is 3. The summed E-state index contributed by atoms with van der Waals surface area (Å²) in [6.45, 7) is 4.95. The maximum atomic E-state index is 14.1. The molecule has 2 heterocycles. The first-order valence-electron chi connectivity index (χ1n) is 21.0. The molecule has 8 rings (SSSR count). The second-order valence-electron chi connectivity index (χ2n) is 18.4. The minimum atomic E-state index is -2.74. The first-order valence-corrected chi connectivity index (χ1v) is 21.0. The van der Waals surface area contributed by atoms with Crippen molar-refractivity contribution < 1.29 is 83.1 Å². The number of piperidine rings is 1. The number of ether oxygens (including phenoxy) is 5. The highest BCUT2D eigenvalue weighted by molar-refractivity contribution is 6.22. The van der Waals surface area contributed by atoms with Crippen molar-refractivity contribution in [2.45, 2.75) is 106 Å². The molecule has 0 unspecified atom stereocenters. The standard InChI is InChI=1S/C37H50N2O10.C6H8O7/c1-7-38-17-34(18-49-32(42)20-10-8-9-11-23(20)39-26(40)14-19(2)31(39)41)13-12-25(46-4)36-22-15-21-24(45-3)16-35(43,27(22)28(21)47-5)37(44,33(36)38)30(48-6)29(34)36;7-3(8)1-6(13,5(11)12)2-4(9)10/h8-11,19,21-22,24-25,27-30,33,43-44H,7,12-18H2,1-6H3;13H,1-2H2,(H,7,8)(H,9,10)(H,11,12)/t19-,21+,22+,24-,25-,27+,28-,29+,30-,33-,34-,35+,36-,37+;/m0./s1. The highest BCUT2D eigenvalue weighted by Crippen LogP contribution is 2.80. The minimum absolute atomic E-state index is 0.0358. The van der Waals surface area contributed by atoms with Gasteiger partial charge in [-0.15, -0.1) is 0 Å². The molecule has 7 aliphatic rings. The zero-order valence-electron chi connectivity index (χ0n) is 35.7. The van der Waals surface area contributed by atoms with Crippen LogP contribution in [0.25, 0.3) is 0 Å². The predicted octanol–water partition coefficient (Wildman–Crippen LogP) is 0.787. The number of imide groups is 1. The molecule has 2 saturated heterocycles. The Morgan fingerprint density at radius 3 is 2.13 bits per heavy atom. The molecule has 0 aromatic heterocycles. The zero-order valence-corrected chi connectivity index (χ0v) is 35.7. The number of rotatable bonds is 14. The number of likely N-dealkylation sites (N-methyl/N-ethyl adjacent to an activating group) is 1. The molecule has 19 nitrogen and oxygen atoms in total. The normalized spacial score (nSPS) is 40.2. The lowest BCUT2D eigenvalue weighted by molar-refractivity contribution is -0.320. The fourth-order valence-corrected chi connectivity index (χ4v) is 13.9. The number of para-hydroxylation sites is 1. The van der Waals surface area contributed by atoms with Crippen LogP contribution in [0.4, 0.5) is 5.69 Å². The van der Waals surface area contributed by atoms with E-state index in [1.807, 2.05) is 0 Å². The summed E-state index contributed by atoms with van der Waals surface area (Å²) >= 11 is 0. The monoisotopic (exact) mass is 874 g/mol. The fraction of sp³-hybridized carbons (Fsp3) is 0.721. The highest BCUT2D eigenvalue weighted by atomic mass is 16.5. The lowest BCUT2D eigenvalue weighted by Crippen LogP contribution is -2.82. The second kappa shape index (κ2) is 16.2. The molecule has 1 spiro atoms. The molecule has 2 aliphatic heterocycles. The molecule has 1 aromatic carbocycles. The van der Waals surface area contributed by atoms with Crippen LogP contribution in [-0.4, -0.2) is 167 Å². The summed E-state index contributed by atoms with van der Waals surface area (Å²) in [5, 5.41) is 60.4. The number of benzene rings is 1. The number of methoxy groups -OCH3 is 4. The number of aliphatic hydroxyl groups is 3. The lowest BCUT2D eigenvalue weighted by Gasteiger charge is -2.70. The summed E-state index contributed by atoms with van der Waals surface area (Å²) in [5.41, 5.74) is -6.91. The molecular formula is C43H58N2O17. The quantitative estimate of drug-likeness (QED) is 0.111. The van der Waals surface area contributed by atoms with Crippen molar-refractivity contribution in [3.63, 3.8) is 0 Å². The van der Waals surface area contributed by atoms with Crippen LogP contribution in [0, 0.1) is 40.4 Å². The third-order valence-corrected chi connectivity index (χ3v) is 15.8. The summed E-state index contributed by atoms with van der Waals surface area (Å²) in [4.78, 5) is 73.8. The molecule has 5 aliphatic carbocycles. The van der Waals surface area contributed by atoms with Crippen molar-refractivity contribution in [1.29, 1.82) is 0 Å². The molecule has 14 atom stereocenters. The summed E-state index contributed by atoms with van der Waals surface area (Å²) in [6, 6.07) is 6.12. The van der Waals surface area contributed by atoms with Gasteiger partial charge in [-0.3, -0.25) is 24.1 Å². The van der Waals surface area contributed by atoms with E-state index in [0.717, 1.165) is 11.3 Å². The Kier molecular flexibility index (Phi) is 12.0. The van der Waals surface area contributed by atoms with Crippen LogP contribution in [0.3, 0.4) is 0 Å². The Morgan fingerprint density at radius 2 is 1.60 bits per heavy atom. The smallest absolute Gasteiger partial charge is 0.340 e. The maximum Gasteiger partial charge on any atom is 0.340 e. The SMILES string of the molecule is CCN1C[C@]2(COC(=O)c3ccccc3N3C(=O)C[C@H](C)C3=O)CC[C@H](OC)[C@@]34[C@@H]5C[C@H]6[C@H](OC)[C@@H]5[C@](O)(C[C@@H]6OC)[C@@](O)([C@@H](OC)[C@H]23)[C@@H]14.O=C(O)CC(O)(CC(=O)O)C(=O)O. The number of carbonyl (C=O) groups excluding carboxylic acids is 3. The van der Waals surface area contributed by atoms with Gasteiger partial charge in [-0.1, -0.05) is 26.0 Å². The van der Waals surface area contributed by atoms with E-state index in [-0.39, 0.29) is 84.5 Å². The van der Waals surface area contributed by atoms with Crippen LogP contribution in [0.15, 0.2) is 24.3 Å². The van der Waals surface area contributed by atoms with E-state index in [0.29, 0.717) is 25.9 Å². The number of amides is 2. The van der Waals surface area contributed by atoms with E-state index >= 15 is 0 Å². The first kappa shape index (κ1) is 45.9. The van der Waals surface area contributed by atoms with Gasteiger partial charge >= 0.3 is 23.9 Å². The van der Waals surface area contributed by atoms with Gasteiger partial charge in [0.15, 0.2) is 5.60 Å². The number of likely N-dealkylation sites (tertiary alicyclic amines) is 1. The van der Waals surface area contributed by atoms with Gasteiger partial charge in [-0.05, 0) is 43.9 Å². The summed E-state index contributed by atoms with van der Waals surface area (Å²) in [7, 11) is 6.70. The predicted molar refractivity (Wildman–Crippen MR) is 212 cm³/mol. The minimum Gasteiger partial charge on any atom is -0.481 e. The second-order valence-corrected chi connectivity index (χ2v) is 18.4. The van der Waals surface area contributed by atoms with Crippen molar-refractivity contribution in [2.24, 2.45) is 40.4 Å². The van der Waals surface area contributed by atoms with E-state index in [1.165, 1.54) is 0 Å². The molecule has 2 amide bonds. The summed E-state index contributed by atoms with van der Waals surface area (Å²) in [6.07, 6.45) is -1.48. The van der Waals surface area contributed by atoms with E-state index in [1.54, 1.807) is 59.6 Å². The van der Waals surface area contributed by atoms with Gasteiger partial charge in [0, 0.05) is 82.3 Å². The van der Waals surface area contributed by atoms with Crippen LogP contribution in [0.1, 0.15) is 69.2 Å². The van der Waals surface area contributed by atoms with E-state index in [9.17, 15) is 39.0 Å². The molecule has 1 aromatic rings. The van der Waals surface area contributed by atoms with Crippen LogP contribution in [0.5, 0.6) is 0 Å². The van der Waals surface area contributed by atoms with Crippen molar-refractivity contribution in [1.82, 2.24) is 4.90 Å². The number of carbonyl (C=O) groups is 6. The van der Waals surface area contributed by atoms with E-state index in [4.69, 9.17) is 44.1 Å².